The Kier molecular flexibility index (Phi) is 7.56. The minimum atomic E-state index is -0.636. The standard InChI is InChI=1S/C38H44FN7O3/c1-20(2)45-19-41-32-16-30(42-35(34(32)45)43-31-15-27(36(47)40-6)21(3)11-29(31)39)22-7-10-28-33(12-22)46(37(48)38(28,4)5)24-13-23(14-24)44-17-25-8-9-26(18-44)49-25/h7,10-12,15-16,19-20,23-26H,8-9,13-14,17-18H2,1-6H3,(H,40,47)(H,42,43). The molecule has 1 aliphatic carbocycles. The third kappa shape index (κ3) is 5.20. The van der Waals surface area contributed by atoms with Crippen LogP contribution in [0, 0.1) is 12.7 Å². The molecule has 4 aromatic rings. The number of nitrogens with zero attached hydrogens (tertiary/aromatic N) is 5. The predicted molar refractivity (Wildman–Crippen MR) is 188 cm³/mol. The molecule has 3 fully saturated rings. The highest BCUT2D eigenvalue weighted by Crippen LogP contribution is 2.48. The number of carbonyl (C=O) groups is 2. The molecule has 11 heteroatoms. The van der Waals surface area contributed by atoms with Crippen molar-refractivity contribution in [2.45, 2.75) is 96.1 Å². The van der Waals surface area contributed by atoms with Gasteiger partial charge >= 0.3 is 0 Å². The van der Waals surface area contributed by atoms with Crippen LogP contribution >= 0.6 is 0 Å². The number of imidazole rings is 1. The van der Waals surface area contributed by atoms with E-state index in [4.69, 9.17) is 14.7 Å². The van der Waals surface area contributed by atoms with Crippen LogP contribution in [0.15, 0.2) is 42.7 Å². The normalized spacial score (nSPS) is 24.4. The van der Waals surface area contributed by atoms with Gasteiger partial charge in [-0.1, -0.05) is 12.1 Å². The minimum Gasteiger partial charge on any atom is -0.372 e. The summed E-state index contributed by atoms with van der Waals surface area (Å²) in [4.78, 5) is 41.0. The maximum absolute atomic E-state index is 15.4. The molecular weight excluding hydrogens is 621 g/mol. The van der Waals surface area contributed by atoms with E-state index in [0.717, 1.165) is 61.1 Å². The fourth-order valence-electron chi connectivity index (χ4n) is 8.28. The van der Waals surface area contributed by atoms with Gasteiger partial charge in [0.05, 0.1) is 40.8 Å². The molecule has 3 aliphatic heterocycles. The molecule has 2 amide bonds. The van der Waals surface area contributed by atoms with Crippen molar-refractivity contribution in [1.82, 2.24) is 24.8 Å². The molecule has 4 aliphatic rings. The van der Waals surface area contributed by atoms with E-state index in [1.165, 1.54) is 12.1 Å². The van der Waals surface area contributed by atoms with Crippen LogP contribution < -0.4 is 15.5 Å². The van der Waals surface area contributed by atoms with Crippen molar-refractivity contribution in [3.05, 3.63) is 65.2 Å². The first kappa shape index (κ1) is 31.9. The van der Waals surface area contributed by atoms with Crippen molar-refractivity contribution in [2.75, 3.05) is 30.4 Å². The smallest absolute Gasteiger partial charge is 0.251 e. The van der Waals surface area contributed by atoms with Crippen LogP contribution in [0.2, 0.25) is 0 Å². The number of aryl methyl sites for hydroxylation is 1. The summed E-state index contributed by atoms with van der Waals surface area (Å²) < 4.78 is 23.5. The number of carbonyl (C=O) groups excluding carboxylic acids is 2. The number of hydrogen-bond acceptors (Lipinski definition) is 7. The Morgan fingerprint density at radius 2 is 1.80 bits per heavy atom. The van der Waals surface area contributed by atoms with Crippen molar-refractivity contribution < 1.29 is 18.7 Å². The Bertz CT molecular complexity index is 1990. The van der Waals surface area contributed by atoms with Crippen LogP contribution in [0.4, 0.5) is 21.6 Å². The maximum Gasteiger partial charge on any atom is 0.251 e. The maximum atomic E-state index is 15.4. The molecule has 2 atom stereocenters. The third-order valence-corrected chi connectivity index (χ3v) is 11.2. The number of amides is 2. The predicted octanol–water partition coefficient (Wildman–Crippen LogP) is 6.25. The van der Waals surface area contributed by atoms with Crippen molar-refractivity contribution >= 4 is 40.0 Å². The van der Waals surface area contributed by atoms with Crippen LogP contribution in [0.1, 0.15) is 80.9 Å². The van der Waals surface area contributed by atoms with Gasteiger partial charge in [-0.05, 0) is 95.7 Å². The van der Waals surface area contributed by atoms with Gasteiger partial charge in [0.1, 0.15) is 11.3 Å². The first-order valence-corrected chi connectivity index (χ1v) is 17.5. The summed E-state index contributed by atoms with van der Waals surface area (Å²) in [6.45, 7) is 11.8. The monoisotopic (exact) mass is 665 g/mol. The topological polar surface area (TPSA) is 105 Å². The Morgan fingerprint density at radius 3 is 2.49 bits per heavy atom. The molecule has 2 unspecified atom stereocenters. The lowest BCUT2D eigenvalue weighted by molar-refractivity contribution is -0.123. The Labute approximate surface area is 286 Å². The highest BCUT2D eigenvalue weighted by atomic mass is 19.1. The second kappa shape index (κ2) is 11.6. The summed E-state index contributed by atoms with van der Waals surface area (Å²) in [7, 11) is 1.55. The van der Waals surface area contributed by atoms with Crippen molar-refractivity contribution in [2.24, 2.45) is 0 Å². The zero-order valence-corrected chi connectivity index (χ0v) is 29.0. The van der Waals surface area contributed by atoms with Crippen LogP contribution in [-0.2, 0) is 14.9 Å². The number of ether oxygens (including phenoxy) is 1. The van der Waals surface area contributed by atoms with Gasteiger partial charge in [-0.25, -0.2) is 14.4 Å². The number of likely N-dealkylation sites (tertiary alicyclic amines) is 1. The molecule has 1 saturated carbocycles. The Morgan fingerprint density at radius 1 is 1.06 bits per heavy atom. The van der Waals surface area contributed by atoms with Crippen molar-refractivity contribution in [3.8, 4) is 11.3 Å². The Hall–Kier alpha value is -4.35. The quantitative estimate of drug-likeness (QED) is 0.241. The van der Waals surface area contributed by atoms with Crippen LogP contribution in [0.5, 0.6) is 0 Å². The highest BCUT2D eigenvalue weighted by molar-refractivity contribution is 6.09. The molecule has 49 heavy (non-hydrogen) atoms. The number of halogens is 1. The molecule has 256 valence electrons. The van der Waals surface area contributed by atoms with Gasteiger partial charge in [0, 0.05) is 55.1 Å². The van der Waals surface area contributed by atoms with Crippen LogP contribution in [0.25, 0.3) is 22.3 Å². The summed E-state index contributed by atoms with van der Waals surface area (Å²) in [6, 6.07) is 11.7. The van der Waals surface area contributed by atoms with Gasteiger partial charge in [-0.2, -0.15) is 0 Å². The molecule has 2 N–H and O–H groups in total. The molecule has 0 radical (unpaired) electrons. The lowest BCUT2D eigenvalue weighted by Gasteiger charge is -2.49. The largest absolute Gasteiger partial charge is 0.372 e. The van der Waals surface area contributed by atoms with Crippen molar-refractivity contribution in [1.29, 1.82) is 0 Å². The molecule has 2 saturated heterocycles. The SMILES string of the molecule is CNC(=O)c1cc(Nc2nc(-c3ccc4c(c3)N(C3CC(N5CC6CCC(C5)O6)C3)C(=O)C4(C)C)cc3ncn(C(C)C)c23)c(F)cc1C. The van der Waals surface area contributed by atoms with Gasteiger partial charge in [-0.3, -0.25) is 14.5 Å². The minimum absolute atomic E-state index is 0.0724. The fraction of sp³-hybridized carbons (Fsp3) is 0.474. The summed E-state index contributed by atoms with van der Waals surface area (Å²) in [6.07, 6.45) is 6.68. The molecule has 2 aromatic heterocycles. The average molecular weight is 666 g/mol. The summed E-state index contributed by atoms with van der Waals surface area (Å²) in [5.74, 6) is -0.221. The summed E-state index contributed by atoms with van der Waals surface area (Å²) >= 11 is 0. The summed E-state index contributed by atoms with van der Waals surface area (Å²) in [5, 5.41) is 5.85. The zero-order valence-electron chi connectivity index (χ0n) is 29.0. The second-order valence-electron chi connectivity index (χ2n) is 15.0. The number of morpholine rings is 1. The number of aromatic nitrogens is 3. The van der Waals surface area contributed by atoms with E-state index in [9.17, 15) is 9.59 Å². The first-order chi connectivity index (χ1) is 23.4. The first-order valence-electron chi connectivity index (χ1n) is 17.5. The van der Waals surface area contributed by atoms with Gasteiger partial charge in [0.2, 0.25) is 5.91 Å². The molecule has 2 aromatic carbocycles. The van der Waals surface area contributed by atoms with Crippen molar-refractivity contribution in [3.63, 3.8) is 0 Å². The molecule has 0 spiro atoms. The van der Waals surface area contributed by atoms with E-state index in [1.807, 2.05) is 35.4 Å². The lowest BCUT2D eigenvalue weighted by atomic mass is 9.83. The van der Waals surface area contributed by atoms with Gasteiger partial charge < -0.3 is 24.8 Å². The van der Waals surface area contributed by atoms with Gasteiger partial charge in [0.25, 0.3) is 5.91 Å². The van der Waals surface area contributed by atoms with Crippen LogP contribution in [0.3, 0.4) is 0 Å². The number of benzene rings is 2. The number of nitrogens with one attached hydrogen (secondary N) is 2. The zero-order chi connectivity index (χ0) is 34.4. The molecule has 10 nitrogen and oxygen atoms in total. The van der Waals surface area contributed by atoms with E-state index in [2.05, 4.69) is 41.5 Å². The average Bonchev–Trinajstić information content (AvgIpc) is 3.69. The molecule has 5 heterocycles. The third-order valence-electron chi connectivity index (χ3n) is 11.2. The van der Waals surface area contributed by atoms with E-state index in [-0.39, 0.29) is 29.6 Å². The van der Waals surface area contributed by atoms with E-state index in [1.54, 1.807) is 20.3 Å². The Balaban J connectivity index is 1.15. The lowest BCUT2D eigenvalue weighted by Crippen LogP contribution is -2.59. The van der Waals surface area contributed by atoms with Gasteiger partial charge in [0.15, 0.2) is 5.82 Å². The molecule has 2 bridgehead atoms. The number of anilines is 3. The van der Waals surface area contributed by atoms with E-state index in [0.29, 0.717) is 46.4 Å². The van der Waals surface area contributed by atoms with E-state index < -0.39 is 11.2 Å². The number of hydrogen-bond donors (Lipinski definition) is 2. The van der Waals surface area contributed by atoms with Crippen LogP contribution in [-0.4, -0.2) is 75.7 Å². The van der Waals surface area contributed by atoms with Gasteiger partial charge in [-0.15, -0.1) is 0 Å². The second-order valence-corrected chi connectivity index (χ2v) is 15.0. The summed E-state index contributed by atoms with van der Waals surface area (Å²) in [5.41, 5.74) is 5.30. The van der Waals surface area contributed by atoms with E-state index >= 15 is 4.39 Å². The molecule has 8 rings (SSSR count). The highest BCUT2D eigenvalue weighted by Gasteiger charge is 2.51. The number of fused-ring (bicyclic) bond motifs is 4. The number of pyridine rings is 1. The fourth-order valence-corrected chi connectivity index (χ4v) is 8.28. The molecular formula is C38H44FN7O3. The number of rotatable bonds is 7.